The number of nitrogens with one attached hydrogen (secondary N) is 1. The molecule has 2 aliphatic heterocycles. The van der Waals surface area contributed by atoms with Crippen LogP contribution in [0.2, 0.25) is 0 Å². The Balaban J connectivity index is 1.67. The van der Waals surface area contributed by atoms with Crippen molar-refractivity contribution in [2.24, 2.45) is 10.9 Å². The second-order valence-corrected chi connectivity index (χ2v) is 7.86. The highest BCUT2D eigenvalue weighted by atomic mass is 16.5. The Bertz CT molecular complexity index is 620. The average molecular weight is 390 g/mol. The maximum Gasteiger partial charge on any atom is 0.193 e. The van der Waals surface area contributed by atoms with Crippen LogP contribution in [0, 0.1) is 5.92 Å². The van der Waals surface area contributed by atoms with Crippen molar-refractivity contribution in [1.29, 1.82) is 0 Å². The first kappa shape index (κ1) is 20.9. The van der Waals surface area contributed by atoms with Crippen LogP contribution >= 0.6 is 0 Å². The van der Waals surface area contributed by atoms with Crippen molar-refractivity contribution in [3.63, 3.8) is 0 Å². The summed E-state index contributed by atoms with van der Waals surface area (Å²) in [5.41, 5.74) is 1.39. The molecule has 0 aliphatic carbocycles. The molecular formula is C22H35N3O3. The van der Waals surface area contributed by atoms with Gasteiger partial charge in [-0.1, -0.05) is 12.1 Å². The fourth-order valence-corrected chi connectivity index (χ4v) is 4.24. The number of nitrogens with zero attached hydrogens (tertiary/aromatic N) is 2. The Morgan fingerprint density at radius 2 is 1.96 bits per heavy atom. The lowest BCUT2D eigenvalue weighted by Gasteiger charge is -2.39. The minimum absolute atomic E-state index is 0.0518. The van der Waals surface area contributed by atoms with Crippen LogP contribution in [0.4, 0.5) is 0 Å². The lowest BCUT2D eigenvalue weighted by molar-refractivity contribution is 0.0511. The summed E-state index contributed by atoms with van der Waals surface area (Å²) in [6.07, 6.45) is 3.14. The number of benzene rings is 1. The molecule has 2 aliphatic rings. The average Bonchev–Trinajstić information content (AvgIpc) is 3.23. The Hall–Kier alpha value is -1.79. The van der Waals surface area contributed by atoms with Crippen LogP contribution in [0.1, 0.15) is 31.7 Å². The zero-order chi connectivity index (χ0) is 19.8. The van der Waals surface area contributed by atoms with Crippen LogP contribution in [0.25, 0.3) is 0 Å². The van der Waals surface area contributed by atoms with Crippen molar-refractivity contribution in [3.8, 4) is 5.75 Å². The smallest absolute Gasteiger partial charge is 0.193 e. The first-order valence-electron chi connectivity index (χ1n) is 10.5. The van der Waals surface area contributed by atoms with Gasteiger partial charge in [0.15, 0.2) is 5.96 Å². The second-order valence-electron chi connectivity index (χ2n) is 7.86. The van der Waals surface area contributed by atoms with Crippen LogP contribution in [-0.4, -0.2) is 71.1 Å². The van der Waals surface area contributed by atoms with Crippen LogP contribution in [0.5, 0.6) is 5.75 Å². The van der Waals surface area contributed by atoms with Crippen molar-refractivity contribution in [3.05, 3.63) is 29.8 Å². The van der Waals surface area contributed by atoms with Gasteiger partial charge in [-0.15, -0.1) is 0 Å². The predicted molar refractivity (Wildman–Crippen MR) is 112 cm³/mol. The molecule has 3 rings (SSSR count). The van der Waals surface area contributed by atoms with Crippen LogP contribution in [0.15, 0.2) is 29.3 Å². The first-order chi connectivity index (χ1) is 13.7. The normalized spacial score (nSPS) is 22.1. The third-order valence-electron chi connectivity index (χ3n) is 5.94. The summed E-state index contributed by atoms with van der Waals surface area (Å²) in [4.78, 5) is 6.74. The van der Waals surface area contributed by atoms with Crippen molar-refractivity contribution >= 4 is 5.96 Å². The lowest BCUT2D eigenvalue weighted by Crippen LogP contribution is -2.49. The minimum Gasteiger partial charge on any atom is -0.494 e. The van der Waals surface area contributed by atoms with Gasteiger partial charge in [-0.3, -0.25) is 4.99 Å². The summed E-state index contributed by atoms with van der Waals surface area (Å²) in [6.45, 7) is 7.85. The fourth-order valence-electron chi connectivity index (χ4n) is 4.24. The molecule has 6 heteroatoms. The van der Waals surface area contributed by atoms with E-state index in [4.69, 9.17) is 14.2 Å². The Labute approximate surface area is 169 Å². The molecule has 156 valence electrons. The molecule has 28 heavy (non-hydrogen) atoms. The highest BCUT2D eigenvalue weighted by molar-refractivity contribution is 5.79. The van der Waals surface area contributed by atoms with E-state index in [0.717, 1.165) is 70.5 Å². The van der Waals surface area contributed by atoms with E-state index < -0.39 is 0 Å². The predicted octanol–water partition coefficient (Wildman–Crippen LogP) is 2.68. The summed E-state index contributed by atoms with van der Waals surface area (Å²) >= 11 is 0. The molecule has 0 bridgehead atoms. The van der Waals surface area contributed by atoms with Gasteiger partial charge in [0.05, 0.1) is 13.2 Å². The topological polar surface area (TPSA) is 55.3 Å². The van der Waals surface area contributed by atoms with E-state index in [-0.39, 0.29) is 5.41 Å². The van der Waals surface area contributed by atoms with Gasteiger partial charge in [-0.25, -0.2) is 0 Å². The first-order valence-corrected chi connectivity index (χ1v) is 10.5. The van der Waals surface area contributed by atoms with Gasteiger partial charge < -0.3 is 24.4 Å². The molecule has 0 saturated carbocycles. The summed E-state index contributed by atoms with van der Waals surface area (Å²) in [5.74, 6) is 2.46. The van der Waals surface area contributed by atoms with Gasteiger partial charge in [0.1, 0.15) is 5.75 Å². The summed E-state index contributed by atoms with van der Waals surface area (Å²) in [6, 6.07) is 8.58. The molecule has 1 atom stereocenters. The standard InChI is InChI=1S/C22H35N3O3/c1-4-28-20-7-5-19(6-8-20)22(10-13-26-14-11-22)17-24-21(23-2)25(3)15-18-9-12-27-16-18/h5-8,18H,4,9-17H2,1-3H3,(H,23,24). The molecule has 6 nitrogen and oxygen atoms in total. The number of hydrogen-bond acceptors (Lipinski definition) is 4. The van der Waals surface area contributed by atoms with E-state index >= 15 is 0 Å². The number of aliphatic imine (C=N–C) groups is 1. The van der Waals surface area contributed by atoms with Gasteiger partial charge in [0.25, 0.3) is 0 Å². The maximum atomic E-state index is 5.67. The molecule has 1 aromatic carbocycles. The van der Waals surface area contributed by atoms with Crippen LogP contribution < -0.4 is 10.1 Å². The molecule has 2 heterocycles. The highest BCUT2D eigenvalue weighted by Gasteiger charge is 2.35. The maximum absolute atomic E-state index is 5.67. The number of guanidine groups is 1. The summed E-state index contributed by atoms with van der Waals surface area (Å²) < 4.78 is 16.8. The third kappa shape index (κ3) is 5.17. The molecule has 2 saturated heterocycles. The largest absolute Gasteiger partial charge is 0.494 e. The molecule has 0 spiro atoms. The monoisotopic (exact) mass is 389 g/mol. The van der Waals surface area contributed by atoms with Crippen molar-refractivity contribution < 1.29 is 14.2 Å². The fraction of sp³-hybridized carbons (Fsp3) is 0.682. The molecule has 1 N–H and O–H groups in total. The van der Waals surface area contributed by atoms with E-state index in [9.17, 15) is 0 Å². The minimum atomic E-state index is 0.0518. The summed E-state index contributed by atoms with van der Waals surface area (Å²) in [5, 5.41) is 3.64. The number of hydrogen-bond donors (Lipinski definition) is 1. The number of ether oxygens (including phenoxy) is 3. The Kier molecular flexibility index (Phi) is 7.57. The third-order valence-corrected chi connectivity index (χ3v) is 5.94. The van der Waals surface area contributed by atoms with E-state index in [1.807, 2.05) is 14.0 Å². The van der Waals surface area contributed by atoms with Crippen LogP contribution in [-0.2, 0) is 14.9 Å². The summed E-state index contributed by atoms with van der Waals surface area (Å²) in [7, 11) is 3.97. The van der Waals surface area contributed by atoms with E-state index in [2.05, 4.69) is 46.5 Å². The second kappa shape index (κ2) is 10.1. The molecule has 0 aromatic heterocycles. The van der Waals surface area contributed by atoms with Crippen molar-refractivity contribution in [1.82, 2.24) is 10.2 Å². The molecule has 0 radical (unpaired) electrons. The van der Waals surface area contributed by atoms with Crippen LogP contribution in [0.3, 0.4) is 0 Å². The van der Waals surface area contributed by atoms with E-state index in [0.29, 0.717) is 12.5 Å². The number of rotatable bonds is 7. The van der Waals surface area contributed by atoms with Gasteiger partial charge >= 0.3 is 0 Å². The Morgan fingerprint density at radius 3 is 2.57 bits per heavy atom. The lowest BCUT2D eigenvalue weighted by atomic mass is 9.74. The van der Waals surface area contributed by atoms with Gasteiger partial charge in [-0.2, -0.15) is 0 Å². The van der Waals surface area contributed by atoms with Gasteiger partial charge in [-0.05, 0) is 43.9 Å². The zero-order valence-corrected chi connectivity index (χ0v) is 17.6. The van der Waals surface area contributed by atoms with Gasteiger partial charge in [0.2, 0.25) is 0 Å². The van der Waals surface area contributed by atoms with Gasteiger partial charge in [0, 0.05) is 58.3 Å². The van der Waals surface area contributed by atoms with Crippen molar-refractivity contribution in [2.45, 2.75) is 31.6 Å². The highest BCUT2D eigenvalue weighted by Crippen LogP contribution is 2.35. The zero-order valence-electron chi connectivity index (χ0n) is 17.6. The molecular weight excluding hydrogens is 354 g/mol. The molecule has 1 unspecified atom stereocenters. The quantitative estimate of drug-likeness (QED) is 0.574. The Morgan fingerprint density at radius 1 is 1.21 bits per heavy atom. The van der Waals surface area contributed by atoms with E-state index in [1.54, 1.807) is 0 Å². The van der Waals surface area contributed by atoms with E-state index in [1.165, 1.54) is 5.56 Å². The SMILES string of the molecule is CCOc1ccc(C2(CNC(=NC)N(C)CC3CCOC3)CCOCC2)cc1. The molecule has 0 amide bonds. The van der Waals surface area contributed by atoms with Crippen molar-refractivity contribution in [2.75, 3.05) is 60.2 Å². The molecule has 1 aromatic rings. The molecule has 2 fully saturated rings.